The highest BCUT2D eigenvalue weighted by Crippen LogP contribution is 2.25. The molecule has 0 heterocycles. The average Bonchev–Trinajstić information content (AvgIpc) is 1.83. The van der Waals surface area contributed by atoms with Crippen molar-refractivity contribution in [3.05, 3.63) is 0 Å². The zero-order valence-electron chi connectivity index (χ0n) is 7.00. The fraction of sp³-hybridized carbons (Fsp3) is 0.833. The molecule has 0 fully saturated rings. The van der Waals surface area contributed by atoms with E-state index >= 15 is 0 Å². The largest absolute Gasteiger partial charge is 0.409 e. The van der Waals surface area contributed by atoms with Crippen LogP contribution < -0.4 is 11.5 Å². The Kier molecular flexibility index (Phi) is 2.47. The quantitative estimate of drug-likeness (QED) is 0.136. The molecule has 0 saturated carbocycles. The van der Waals surface area contributed by atoms with Crippen molar-refractivity contribution >= 4 is 5.84 Å². The van der Waals surface area contributed by atoms with Crippen molar-refractivity contribution in [1.29, 1.82) is 0 Å². The predicted octanol–water partition coefficient (Wildman–Crippen LogP) is -0.574. The van der Waals surface area contributed by atoms with Gasteiger partial charge in [0.05, 0.1) is 0 Å². The Balaban J connectivity index is 4.74. The van der Waals surface area contributed by atoms with Gasteiger partial charge < -0.3 is 16.0 Å². The van der Waals surface area contributed by atoms with Crippen LogP contribution in [0.3, 0.4) is 0 Å². The molecule has 0 aliphatic heterocycles. The van der Waals surface area contributed by atoms with Crippen LogP contribution in [0, 0.1) is 5.41 Å². The number of amidine groups is 1. The van der Waals surface area contributed by atoms with Crippen molar-refractivity contribution in [2.24, 2.45) is 22.0 Å². The highest BCUT2D eigenvalue weighted by molar-refractivity contribution is 5.88. The Morgan fingerprint density at radius 1 is 1.36 bits per heavy atom. The molecular weight excluding hydrogens is 146 g/mol. The maximum absolute atomic E-state index is 9.48. The van der Waals surface area contributed by atoms with Gasteiger partial charge in [0.25, 0.3) is 0 Å². The number of oxime groups is 1. The van der Waals surface area contributed by atoms with E-state index in [0.29, 0.717) is 0 Å². The minimum atomic E-state index is -1.78. The van der Waals surface area contributed by atoms with Gasteiger partial charge in [-0.05, 0) is 0 Å². The molecule has 0 spiro atoms. The molecule has 0 radical (unpaired) electrons. The van der Waals surface area contributed by atoms with Crippen LogP contribution >= 0.6 is 0 Å². The van der Waals surface area contributed by atoms with E-state index in [1.54, 1.807) is 20.8 Å². The molecule has 0 bridgehead atoms. The lowest BCUT2D eigenvalue weighted by Crippen LogP contribution is -2.60. The molecule has 6 N–H and O–H groups in total. The number of nitrogens with zero attached hydrogens (tertiary/aromatic N) is 1. The first-order valence-electron chi connectivity index (χ1n) is 3.22. The molecule has 0 amide bonds. The van der Waals surface area contributed by atoms with Crippen molar-refractivity contribution < 1.29 is 10.3 Å². The summed E-state index contributed by atoms with van der Waals surface area (Å²) < 4.78 is 0. The highest BCUT2D eigenvalue weighted by Gasteiger charge is 2.40. The minimum Gasteiger partial charge on any atom is -0.409 e. The van der Waals surface area contributed by atoms with Crippen LogP contribution in [0.4, 0.5) is 0 Å². The Morgan fingerprint density at radius 2 is 1.73 bits per heavy atom. The van der Waals surface area contributed by atoms with Crippen LogP contribution in [0.2, 0.25) is 0 Å². The lowest BCUT2D eigenvalue weighted by atomic mass is 9.83. The van der Waals surface area contributed by atoms with E-state index in [-0.39, 0.29) is 5.84 Å². The van der Waals surface area contributed by atoms with Gasteiger partial charge in [0.2, 0.25) is 0 Å². The van der Waals surface area contributed by atoms with Gasteiger partial charge in [-0.1, -0.05) is 25.9 Å². The Labute approximate surface area is 65.7 Å². The molecule has 1 unspecified atom stereocenters. The van der Waals surface area contributed by atoms with Gasteiger partial charge in [-0.2, -0.15) is 0 Å². The first-order chi connectivity index (χ1) is 4.73. The fourth-order valence-electron chi connectivity index (χ4n) is 0.460. The second-order valence-electron chi connectivity index (χ2n) is 3.50. The number of rotatable bonds is 1. The van der Waals surface area contributed by atoms with Crippen LogP contribution in [0.5, 0.6) is 0 Å². The van der Waals surface area contributed by atoms with Gasteiger partial charge >= 0.3 is 0 Å². The van der Waals surface area contributed by atoms with Gasteiger partial charge in [-0.3, -0.25) is 5.73 Å². The Hall–Kier alpha value is -0.810. The molecule has 0 aliphatic rings. The molecule has 5 heteroatoms. The zero-order chi connectivity index (χ0) is 9.28. The van der Waals surface area contributed by atoms with Gasteiger partial charge in [0.15, 0.2) is 11.6 Å². The van der Waals surface area contributed by atoms with Crippen molar-refractivity contribution in [1.82, 2.24) is 0 Å². The summed E-state index contributed by atoms with van der Waals surface area (Å²) in [4.78, 5) is 0. The van der Waals surface area contributed by atoms with E-state index in [4.69, 9.17) is 16.7 Å². The SMILES string of the molecule is CC(C)(C)C(N)(O)C(N)=NO. The van der Waals surface area contributed by atoms with Gasteiger partial charge in [0.1, 0.15) is 0 Å². The molecule has 5 nitrogen and oxygen atoms in total. The molecule has 0 aromatic heterocycles. The van der Waals surface area contributed by atoms with Crippen LogP contribution in [0.15, 0.2) is 5.16 Å². The second-order valence-corrected chi connectivity index (χ2v) is 3.50. The summed E-state index contributed by atoms with van der Waals surface area (Å²) in [5.41, 5.74) is 8.11. The summed E-state index contributed by atoms with van der Waals surface area (Å²) in [7, 11) is 0. The minimum absolute atomic E-state index is 0.384. The van der Waals surface area contributed by atoms with Crippen LogP contribution in [-0.4, -0.2) is 21.9 Å². The Bertz CT molecular complexity index is 169. The van der Waals surface area contributed by atoms with E-state index in [0.717, 1.165) is 0 Å². The average molecular weight is 161 g/mol. The predicted molar refractivity (Wildman–Crippen MR) is 42.0 cm³/mol. The van der Waals surface area contributed by atoms with E-state index in [2.05, 4.69) is 5.16 Å². The summed E-state index contributed by atoms with van der Waals surface area (Å²) in [6.07, 6.45) is 0. The number of nitrogens with two attached hydrogens (primary N) is 2. The molecule has 0 aromatic rings. The normalized spacial score (nSPS) is 19.5. The van der Waals surface area contributed by atoms with E-state index in [1.165, 1.54) is 0 Å². The van der Waals surface area contributed by atoms with Crippen molar-refractivity contribution in [3.8, 4) is 0 Å². The summed E-state index contributed by atoms with van der Waals surface area (Å²) in [6, 6.07) is 0. The maximum atomic E-state index is 9.48. The first-order valence-corrected chi connectivity index (χ1v) is 3.22. The molecule has 1 atom stereocenters. The number of hydrogen-bond donors (Lipinski definition) is 4. The van der Waals surface area contributed by atoms with Crippen molar-refractivity contribution in [2.45, 2.75) is 26.5 Å². The van der Waals surface area contributed by atoms with Gasteiger partial charge in [0, 0.05) is 5.41 Å². The third-order valence-corrected chi connectivity index (χ3v) is 1.64. The Morgan fingerprint density at radius 3 is 1.82 bits per heavy atom. The van der Waals surface area contributed by atoms with E-state index in [1.807, 2.05) is 0 Å². The molecule has 11 heavy (non-hydrogen) atoms. The molecule has 0 aromatic carbocycles. The summed E-state index contributed by atoms with van der Waals surface area (Å²) in [6.45, 7) is 5.06. The zero-order valence-corrected chi connectivity index (χ0v) is 7.00. The lowest BCUT2D eigenvalue weighted by Gasteiger charge is -2.34. The molecular formula is C6H15N3O2. The van der Waals surface area contributed by atoms with Gasteiger partial charge in [-0.25, -0.2) is 0 Å². The second kappa shape index (κ2) is 2.67. The van der Waals surface area contributed by atoms with E-state index in [9.17, 15) is 5.11 Å². The molecule has 0 saturated heterocycles. The fourth-order valence-corrected chi connectivity index (χ4v) is 0.460. The third kappa shape index (κ3) is 1.81. The molecule has 0 aliphatic carbocycles. The smallest absolute Gasteiger partial charge is 0.186 e. The van der Waals surface area contributed by atoms with Crippen LogP contribution in [-0.2, 0) is 0 Å². The monoisotopic (exact) mass is 161 g/mol. The van der Waals surface area contributed by atoms with Crippen molar-refractivity contribution in [2.75, 3.05) is 0 Å². The maximum Gasteiger partial charge on any atom is 0.186 e. The highest BCUT2D eigenvalue weighted by atomic mass is 16.4. The molecule has 0 rings (SSSR count). The van der Waals surface area contributed by atoms with Crippen molar-refractivity contribution in [3.63, 3.8) is 0 Å². The summed E-state index contributed by atoms with van der Waals surface area (Å²) in [5.74, 6) is -0.384. The van der Waals surface area contributed by atoms with Crippen LogP contribution in [0.1, 0.15) is 20.8 Å². The van der Waals surface area contributed by atoms with Crippen LogP contribution in [0.25, 0.3) is 0 Å². The van der Waals surface area contributed by atoms with Gasteiger partial charge in [-0.15, -0.1) is 0 Å². The third-order valence-electron chi connectivity index (χ3n) is 1.64. The topological polar surface area (TPSA) is 105 Å². The number of aliphatic hydroxyl groups is 1. The molecule has 66 valence electrons. The van der Waals surface area contributed by atoms with E-state index < -0.39 is 11.1 Å². The lowest BCUT2D eigenvalue weighted by molar-refractivity contribution is 0.00741. The summed E-state index contributed by atoms with van der Waals surface area (Å²) >= 11 is 0. The summed E-state index contributed by atoms with van der Waals surface area (Å²) in [5, 5.41) is 20.4. The number of hydrogen-bond acceptors (Lipinski definition) is 4. The first kappa shape index (κ1) is 10.2. The standard InChI is InChI=1S/C6H15N3O2/c1-5(2,3)6(8,10)4(7)9-11/h10-11H,8H2,1-3H3,(H2,7,9).